The SMILES string of the molecule is C=CC(=O)OC(CCCC)C1CCC(OC(=O)c2ccc(C(=O)C=C)cc2)CC1. The van der Waals surface area contributed by atoms with E-state index >= 15 is 0 Å². The van der Waals surface area contributed by atoms with E-state index in [2.05, 4.69) is 20.1 Å². The first kappa shape index (κ1) is 22.6. The molecule has 1 unspecified atom stereocenters. The molecule has 1 aromatic carbocycles. The average Bonchev–Trinajstić information content (AvgIpc) is 2.76. The van der Waals surface area contributed by atoms with Crippen LogP contribution in [0.4, 0.5) is 0 Å². The molecule has 1 fully saturated rings. The molecule has 1 aliphatic rings. The van der Waals surface area contributed by atoms with E-state index in [9.17, 15) is 14.4 Å². The summed E-state index contributed by atoms with van der Waals surface area (Å²) in [5, 5.41) is 0. The molecule has 1 atom stereocenters. The van der Waals surface area contributed by atoms with Gasteiger partial charge in [0.15, 0.2) is 5.78 Å². The van der Waals surface area contributed by atoms with Gasteiger partial charge in [0.25, 0.3) is 0 Å². The highest BCUT2D eigenvalue weighted by Crippen LogP contribution is 2.32. The zero-order chi connectivity index (χ0) is 21.2. The number of carbonyl (C=O) groups excluding carboxylic acids is 3. The summed E-state index contributed by atoms with van der Waals surface area (Å²) in [5.41, 5.74) is 0.915. The van der Waals surface area contributed by atoms with Gasteiger partial charge in [-0.1, -0.05) is 45.1 Å². The minimum atomic E-state index is -0.383. The number of ketones is 1. The zero-order valence-corrected chi connectivity index (χ0v) is 17.1. The van der Waals surface area contributed by atoms with Crippen LogP contribution in [0, 0.1) is 5.92 Å². The van der Waals surface area contributed by atoms with Crippen LogP contribution in [0.3, 0.4) is 0 Å². The minimum absolute atomic E-state index is 0.105. The van der Waals surface area contributed by atoms with Crippen LogP contribution in [0.15, 0.2) is 49.6 Å². The molecule has 0 bridgehead atoms. The first-order valence-electron chi connectivity index (χ1n) is 10.3. The summed E-state index contributed by atoms with van der Waals surface area (Å²) in [7, 11) is 0. The van der Waals surface area contributed by atoms with Gasteiger partial charge in [0.1, 0.15) is 12.2 Å². The average molecular weight is 398 g/mol. The summed E-state index contributed by atoms with van der Waals surface area (Å²) >= 11 is 0. The molecule has 2 rings (SSSR count). The lowest BCUT2D eigenvalue weighted by atomic mass is 9.82. The van der Waals surface area contributed by atoms with Crippen LogP contribution in [0.2, 0.25) is 0 Å². The van der Waals surface area contributed by atoms with Crippen LogP contribution in [0.25, 0.3) is 0 Å². The van der Waals surface area contributed by atoms with Gasteiger partial charge in [-0.05, 0) is 56.2 Å². The lowest BCUT2D eigenvalue weighted by Gasteiger charge is -2.33. The van der Waals surface area contributed by atoms with Gasteiger partial charge < -0.3 is 9.47 Å². The molecule has 0 amide bonds. The summed E-state index contributed by atoms with van der Waals surface area (Å²) in [6.07, 6.45) is 8.30. The summed E-state index contributed by atoms with van der Waals surface area (Å²) in [4.78, 5) is 35.6. The number of rotatable bonds is 10. The van der Waals surface area contributed by atoms with Crippen molar-refractivity contribution in [2.24, 2.45) is 5.92 Å². The van der Waals surface area contributed by atoms with Crippen LogP contribution < -0.4 is 0 Å². The first-order chi connectivity index (χ1) is 14.0. The number of esters is 2. The van der Waals surface area contributed by atoms with Gasteiger partial charge in [0, 0.05) is 11.6 Å². The Morgan fingerprint density at radius 1 is 1.03 bits per heavy atom. The van der Waals surface area contributed by atoms with Crippen LogP contribution >= 0.6 is 0 Å². The molecule has 0 N–H and O–H groups in total. The highest BCUT2D eigenvalue weighted by molar-refractivity contribution is 6.04. The van der Waals surface area contributed by atoms with Crippen molar-refractivity contribution < 1.29 is 23.9 Å². The molecule has 0 spiro atoms. The van der Waals surface area contributed by atoms with Crippen molar-refractivity contribution >= 4 is 17.7 Å². The molecule has 5 heteroatoms. The third-order valence-electron chi connectivity index (χ3n) is 5.39. The maximum atomic E-state index is 12.4. The molecule has 0 saturated heterocycles. The second-order valence-corrected chi connectivity index (χ2v) is 7.41. The quantitative estimate of drug-likeness (QED) is 0.313. The molecule has 1 aromatic rings. The molecule has 0 heterocycles. The van der Waals surface area contributed by atoms with E-state index in [4.69, 9.17) is 9.47 Å². The number of allylic oxidation sites excluding steroid dienone is 1. The molecule has 1 saturated carbocycles. The molecular weight excluding hydrogens is 368 g/mol. The van der Waals surface area contributed by atoms with Crippen molar-refractivity contribution in [3.05, 3.63) is 60.7 Å². The lowest BCUT2D eigenvalue weighted by molar-refractivity contribution is -0.147. The summed E-state index contributed by atoms with van der Waals surface area (Å²) < 4.78 is 11.2. The topological polar surface area (TPSA) is 69.7 Å². The molecular formula is C24H30O5. The Morgan fingerprint density at radius 3 is 2.21 bits per heavy atom. The fourth-order valence-corrected chi connectivity index (χ4v) is 3.68. The van der Waals surface area contributed by atoms with E-state index in [0.29, 0.717) is 11.1 Å². The number of carbonyl (C=O) groups is 3. The van der Waals surface area contributed by atoms with E-state index in [-0.39, 0.29) is 35.8 Å². The molecule has 0 aliphatic heterocycles. The van der Waals surface area contributed by atoms with Crippen LogP contribution in [-0.2, 0) is 14.3 Å². The van der Waals surface area contributed by atoms with Crippen molar-refractivity contribution in [2.45, 2.75) is 64.1 Å². The van der Waals surface area contributed by atoms with E-state index in [0.717, 1.165) is 44.9 Å². The van der Waals surface area contributed by atoms with E-state index in [1.54, 1.807) is 24.3 Å². The van der Waals surface area contributed by atoms with E-state index < -0.39 is 0 Å². The Kier molecular flexibility index (Phi) is 8.84. The van der Waals surface area contributed by atoms with Crippen LogP contribution in [-0.4, -0.2) is 29.9 Å². The molecule has 0 radical (unpaired) electrons. The molecule has 5 nitrogen and oxygen atoms in total. The predicted octanol–water partition coefficient (Wildman–Crippen LogP) is 5.06. The van der Waals surface area contributed by atoms with Gasteiger partial charge in [-0.2, -0.15) is 0 Å². The summed E-state index contributed by atoms with van der Waals surface area (Å²) in [6.45, 7) is 9.04. The van der Waals surface area contributed by atoms with Crippen molar-refractivity contribution in [1.82, 2.24) is 0 Å². The van der Waals surface area contributed by atoms with Gasteiger partial charge in [-0.25, -0.2) is 9.59 Å². The van der Waals surface area contributed by atoms with Gasteiger partial charge in [0.2, 0.25) is 0 Å². The van der Waals surface area contributed by atoms with Crippen molar-refractivity contribution in [3.63, 3.8) is 0 Å². The molecule has 0 aromatic heterocycles. The number of unbranched alkanes of at least 4 members (excludes halogenated alkanes) is 1. The number of ether oxygens (including phenoxy) is 2. The highest BCUT2D eigenvalue weighted by Gasteiger charge is 2.31. The normalized spacial score (nSPS) is 19.6. The van der Waals surface area contributed by atoms with Crippen molar-refractivity contribution in [3.8, 4) is 0 Å². The largest absolute Gasteiger partial charge is 0.459 e. The smallest absolute Gasteiger partial charge is 0.338 e. The minimum Gasteiger partial charge on any atom is -0.459 e. The van der Waals surface area contributed by atoms with Gasteiger partial charge in [0.05, 0.1) is 5.56 Å². The standard InChI is InChI=1S/C24H30O5/c1-4-7-8-22(29-23(26)6-3)18-13-15-20(16-14-18)28-24(27)19-11-9-17(10-12-19)21(25)5-2/h5-6,9-12,18,20,22H,2-4,7-8,13-16H2,1H3. The summed E-state index contributed by atoms with van der Waals surface area (Å²) in [6, 6.07) is 6.40. The first-order valence-corrected chi connectivity index (χ1v) is 10.3. The Morgan fingerprint density at radius 2 is 1.66 bits per heavy atom. The number of hydrogen-bond acceptors (Lipinski definition) is 5. The van der Waals surface area contributed by atoms with Gasteiger partial charge >= 0.3 is 11.9 Å². The maximum Gasteiger partial charge on any atom is 0.338 e. The fraction of sp³-hybridized carbons (Fsp3) is 0.458. The van der Waals surface area contributed by atoms with Crippen LogP contribution in [0.5, 0.6) is 0 Å². The predicted molar refractivity (Wildman–Crippen MR) is 112 cm³/mol. The Balaban J connectivity index is 1.88. The zero-order valence-electron chi connectivity index (χ0n) is 17.1. The second kappa shape index (κ2) is 11.3. The molecule has 1 aliphatic carbocycles. The fourth-order valence-electron chi connectivity index (χ4n) is 3.68. The summed E-state index contributed by atoms with van der Waals surface area (Å²) in [5.74, 6) is -0.660. The Labute approximate surface area is 172 Å². The van der Waals surface area contributed by atoms with E-state index in [1.165, 1.54) is 12.2 Å². The maximum absolute atomic E-state index is 12.4. The monoisotopic (exact) mass is 398 g/mol. The number of benzene rings is 1. The van der Waals surface area contributed by atoms with Crippen LogP contribution in [0.1, 0.15) is 72.6 Å². The van der Waals surface area contributed by atoms with Crippen molar-refractivity contribution in [1.29, 1.82) is 0 Å². The number of hydrogen-bond donors (Lipinski definition) is 0. The Hall–Kier alpha value is -2.69. The lowest BCUT2D eigenvalue weighted by Crippen LogP contribution is -2.33. The van der Waals surface area contributed by atoms with Gasteiger partial charge in [-0.3, -0.25) is 4.79 Å². The molecule has 29 heavy (non-hydrogen) atoms. The second-order valence-electron chi connectivity index (χ2n) is 7.41. The van der Waals surface area contributed by atoms with E-state index in [1.807, 2.05) is 0 Å². The van der Waals surface area contributed by atoms with Gasteiger partial charge in [-0.15, -0.1) is 0 Å². The Bertz CT molecular complexity index is 726. The third kappa shape index (κ3) is 6.70. The highest BCUT2D eigenvalue weighted by atomic mass is 16.5. The van der Waals surface area contributed by atoms with Crippen molar-refractivity contribution in [2.75, 3.05) is 0 Å². The third-order valence-corrected chi connectivity index (χ3v) is 5.39. The molecule has 156 valence electrons.